The quantitative estimate of drug-likeness (QED) is 0.659. The van der Waals surface area contributed by atoms with Gasteiger partial charge in [0.1, 0.15) is 6.33 Å². The summed E-state index contributed by atoms with van der Waals surface area (Å²) < 4.78 is 1.63. The Morgan fingerprint density at radius 1 is 1.08 bits per heavy atom. The number of hydrogen-bond acceptors (Lipinski definition) is 6. The minimum absolute atomic E-state index is 0.0286. The summed E-state index contributed by atoms with van der Waals surface area (Å²) in [4.78, 5) is 25.0. The van der Waals surface area contributed by atoms with Crippen LogP contribution >= 0.6 is 0 Å². The van der Waals surface area contributed by atoms with Gasteiger partial charge < -0.3 is 9.80 Å². The smallest absolute Gasteiger partial charge is 0.246 e. The maximum atomic E-state index is 12.4. The van der Waals surface area contributed by atoms with Crippen molar-refractivity contribution in [3.8, 4) is 0 Å². The topological polar surface area (TPSA) is 80.0 Å². The van der Waals surface area contributed by atoms with E-state index in [1.165, 1.54) is 6.33 Å². The highest BCUT2D eigenvalue weighted by Gasteiger charge is 2.23. The van der Waals surface area contributed by atoms with Crippen LogP contribution in [0.15, 0.2) is 42.7 Å². The number of carbonyl (C=O) groups excluding carboxylic acids is 1. The van der Waals surface area contributed by atoms with Crippen molar-refractivity contribution in [2.45, 2.75) is 0 Å². The van der Waals surface area contributed by atoms with Gasteiger partial charge in [0.2, 0.25) is 5.91 Å². The predicted octanol–water partition coefficient (Wildman–Crippen LogP) is 1.12. The molecule has 0 aliphatic carbocycles. The highest BCUT2D eigenvalue weighted by Crippen LogP contribution is 2.21. The van der Waals surface area contributed by atoms with Gasteiger partial charge in [-0.25, -0.2) is 14.6 Å². The molecule has 0 N–H and O–H groups in total. The lowest BCUT2D eigenvalue weighted by molar-refractivity contribution is -0.126. The van der Waals surface area contributed by atoms with E-state index in [-0.39, 0.29) is 5.91 Å². The molecule has 1 fully saturated rings. The van der Waals surface area contributed by atoms with Crippen molar-refractivity contribution in [1.29, 1.82) is 0 Å². The van der Waals surface area contributed by atoms with Crippen LogP contribution in [0.1, 0.15) is 5.56 Å². The predicted molar refractivity (Wildman–Crippen MR) is 98.4 cm³/mol. The van der Waals surface area contributed by atoms with E-state index in [1.54, 1.807) is 10.8 Å². The molecule has 0 unspecified atom stereocenters. The molecule has 26 heavy (non-hydrogen) atoms. The van der Waals surface area contributed by atoms with E-state index in [9.17, 15) is 4.79 Å². The van der Waals surface area contributed by atoms with Crippen molar-refractivity contribution in [1.82, 2.24) is 29.9 Å². The van der Waals surface area contributed by atoms with Gasteiger partial charge in [0.05, 0.1) is 0 Å². The third-order valence-corrected chi connectivity index (χ3v) is 4.48. The van der Waals surface area contributed by atoms with Gasteiger partial charge in [0.15, 0.2) is 17.0 Å². The first kappa shape index (κ1) is 16.2. The molecule has 1 aliphatic heterocycles. The molecule has 0 radical (unpaired) electrons. The standard InChI is InChI=1S/C18H19N7O/c1-23-17-16(21-22-23)18(20-13-19-17)25-11-9-24(10-12-25)15(26)8-7-14-5-3-2-4-6-14/h2-8,13H,9-12H2,1H3/b8-7-. The van der Waals surface area contributed by atoms with Crippen LogP contribution in [-0.2, 0) is 11.8 Å². The first-order chi connectivity index (χ1) is 12.7. The molecule has 4 rings (SSSR count). The minimum atomic E-state index is 0.0286. The number of aryl methyl sites for hydroxylation is 1. The third kappa shape index (κ3) is 3.13. The number of hydrogen-bond donors (Lipinski definition) is 0. The summed E-state index contributed by atoms with van der Waals surface area (Å²) in [7, 11) is 1.81. The second-order valence-electron chi connectivity index (χ2n) is 6.14. The van der Waals surface area contributed by atoms with E-state index in [0.717, 1.165) is 11.4 Å². The first-order valence-electron chi connectivity index (χ1n) is 8.50. The molecule has 0 spiro atoms. The van der Waals surface area contributed by atoms with Gasteiger partial charge in [-0.1, -0.05) is 35.5 Å². The van der Waals surface area contributed by atoms with Crippen LogP contribution in [0.3, 0.4) is 0 Å². The van der Waals surface area contributed by atoms with E-state index < -0.39 is 0 Å². The molecular formula is C18H19N7O. The molecule has 1 aliphatic rings. The lowest BCUT2D eigenvalue weighted by atomic mass is 10.2. The number of fused-ring (bicyclic) bond motifs is 1. The van der Waals surface area contributed by atoms with Crippen LogP contribution in [0.25, 0.3) is 17.2 Å². The zero-order chi connectivity index (χ0) is 17.9. The lowest BCUT2D eigenvalue weighted by Crippen LogP contribution is -2.48. The van der Waals surface area contributed by atoms with Gasteiger partial charge in [-0.3, -0.25) is 4.79 Å². The van der Waals surface area contributed by atoms with Gasteiger partial charge in [-0.2, -0.15) is 0 Å². The number of nitrogens with zero attached hydrogens (tertiary/aromatic N) is 7. The third-order valence-electron chi connectivity index (χ3n) is 4.48. The molecule has 3 heterocycles. The van der Waals surface area contributed by atoms with E-state index in [0.29, 0.717) is 37.3 Å². The Balaban J connectivity index is 1.42. The highest BCUT2D eigenvalue weighted by molar-refractivity contribution is 5.92. The Labute approximate surface area is 150 Å². The minimum Gasteiger partial charge on any atom is -0.351 e. The van der Waals surface area contributed by atoms with E-state index in [2.05, 4.69) is 25.2 Å². The summed E-state index contributed by atoms with van der Waals surface area (Å²) in [6.07, 6.45) is 5.01. The van der Waals surface area contributed by atoms with Crippen molar-refractivity contribution in [2.24, 2.45) is 7.05 Å². The average Bonchev–Trinajstić information content (AvgIpc) is 3.08. The number of aromatic nitrogens is 5. The molecular weight excluding hydrogens is 330 g/mol. The molecule has 1 amide bonds. The summed E-state index contributed by atoms with van der Waals surface area (Å²) in [5, 5.41) is 8.18. The molecule has 8 heteroatoms. The largest absolute Gasteiger partial charge is 0.351 e. The zero-order valence-electron chi connectivity index (χ0n) is 14.5. The number of rotatable bonds is 3. The van der Waals surface area contributed by atoms with Crippen molar-refractivity contribution in [2.75, 3.05) is 31.1 Å². The summed E-state index contributed by atoms with van der Waals surface area (Å²) in [6, 6.07) is 9.82. The fraction of sp³-hybridized carbons (Fsp3) is 0.278. The zero-order valence-corrected chi connectivity index (χ0v) is 14.5. The SMILES string of the molecule is Cn1nnc2c(N3CCN(C(=O)/C=C\c4ccccc4)CC3)ncnc21. The fourth-order valence-electron chi connectivity index (χ4n) is 3.05. The molecule has 1 saturated heterocycles. The van der Waals surface area contributed by atoms with Gasteiger partial charge in [-0.05, 0) is 11.6 Å². The number of carbonyl (C=O) groups is 1. The normalized spacial score (nSPS) is 15.1. The Morgan fingerprint density at radius 2 is 1.85 bits per heavy atom. The van der Waals surface area contributed by atoms with Crippen LogP contribution in [0.4, 0.5) is 5.82 Å². The molecule has 132 valence electrons. The molecule has 0 bridgehead atoms. The summed E-state index contributed by atoms with van der Waals surface area (Å²) in [6.45, 7) is 2.69. The Bertz CT molecular complexity index is 943. The Hall–Kier alpha value is -3.29. The number of anilines is 1. The maximum Gasteiger partial charge on any atom is 0.246 e. The van der Waals surface area contributed by atoms with Crippen LogP contribution in [0.5, 0.6) is 0 Å². The Kier molecular flexibility index (Phi) is 4.30. The van der Waals surface area contributed by atoms with Gasteiger partial charge >= 0.3 is 0 Å². The van der Waals surface area contributed by atoms with Crippen molar-refractivity contribution in [3.05, 3.63) is 48.3 Å². The van der Waals surface area contributed by atoms with E-state index >= 15 is 0 Å². The lowest BCUT2D eigenvalue weighted by Gasteiger charge is -2.34. The fourth-order valence-corrected chi connectivity index (χ4v) is 3.05. The van der Waals surface area contributed by atoms with Gasteiger partial charge in [-0.15, -0.1) is 5.10 Å². The maximum absolute atomic E-state index is 12.4. The summed E-state index contributed by atoms with van der Waals surface area (Å²) in [5.41, 5.74) is 2.42. The second kappa shape index (κ2) is 6.91. The molecule has 1 aromatic carbocycles. The van der Waals surface area contributed by atoms with E-state index in [4.69, 9.17) is 0 Å². The molecule has 3 aromatic rings. The number of amides is 1. The van der Waals surface area contributed by atoms with Crippen LogP contribution in [0, 0.1) is 0 Å². The van der Waals surface area contributed by atoms with Crippen LogP contribution < -0.4 is 4.90 Å². The summed E-state index contributed by atoms with van der Waals surface area (Å²) in [5.74, 6) is 0.802. The molecule has 0 atom stereocenters. The Morgan fingerprint density at radius 3 is 2.62 bits per heavy atom. The molecule has 0 saturated carbocycles. The number of piperazine rings is 1. The number of benzene rings is 1. The van der Waals surface area contributed by atoms with Gasteiger partial charge in [0.25, 0.3) is 0 Å². The first-order valence-corrected chi connectivity index (χ1v) is 8.50. The molecule has 8 nitrogen and oxygen atoms in total. The van der Waals surface area contributed by atoms with Gasteiger partial charge in [0, 0.05) is 39.3 Å². The van der Waals surface area contributed by atoms with Crippen LogP contribution in [-0.4, -0.2) is 61.9 Å². The highest BCUT2D eigenvalue weighted by atomic mass is 16.2. The van der Waals surface area contributed by atoms with Crippen molar-refractivity contribution in [3.63, 3.8) is 0 Å². The van der Waals surface area contributed by atoms with Crippen molar-refractivity contribution >= 4 is 29.0 Å². The van der Waals surface area contributed by atoms with Crippen LogP contribution in [0.2, 0.25) is 0 Å². The molecule has 2 aromatic heterocycles. The van der Waals surface area contributed by atoms with Crippen molar-refractivity contribution < 1.29 is 4.79 Å². The monoisotopic (exact) mass is 349 g/mol. The second-order valence-corrected chi connectivity index (χ2v) is 6.14. The summed E-state index contributed by atoms with van der Waals surface area (Å²) >= 11 is 0. The average molecular weight is 349 g/mol. The van der Waals surface area contributed by atoms with E-state index in [1.807, 2.05) is 48.4 Å².